The molecule has 1 amide bonds. The molecule has 2 rings (SSSR count). The molecule has 0 radical (unpaired) electrons. The van der Waals surface area contributed by atoms with Gasteiger partial charge in [-0.1, -0.05) is 23.5 Å². The highest BCUT2D eigenvalue weighted by atomic mass is 32.1. The number of nitro benzene ring substituents is 1. The van der Waals surface area contributed by atoms with E-state index in [1.165, 1.54) is 23.5 Å². The van der Waals surface area contributed by atoms with Crippen LogP contribution in [0.3, 0.4) is 0 Å². The predicted octanol–water partition coefficient (Wildman–Crippen LogP) is 2.55. The van der Waals surface area contributed by atoms with Crippen LogP contribution in [0.25, 0.3) is 0 Å². The van der Waals surface area contributed by atoms with E-state index in [2.05, 4.69) is 15.5 Å². The smallest absolute Gasteiger partial charge is 0.310 e. The molecule has 2 aromatic rings. The molecule has 0 unspecified atom stereocenters. The Labute approximate surface area is 130 Å². The molecule has 1 N–H and O–H groups in total. The van der Waals surface area contributed by atoms with Crippen LogP contribution >= 0.6 is 11.3 Å². The van der Waals surface area contributed by atoms with Crippen molar-refractivity contribution in [3.8, 4) is 5.75 Å². The van der Waals surface area contributed by atoms with Crippen LogP contribution in [0.1, 0.15) is 17.8 Å². The van der Waals surface area contributed by atoms with Crippen LogP contribution in [-0.4, -0.2) is 27.6 Å². The van der Waals surface area contributed by atoms with Crippen molar-refractivity contribution in [2.45, 2.75) is 19.8 Å². The second-order valence-corrected chi connectivity index (χ2v) is 5.53. The van der Waals surface area contributed by atoms with E-state index in [9.17, 15) is 14.9 Å². The van der Waals surface area contributed by atoms with Gasteiger partial charge in [0.25, 0.3) is 0 Å². The number of para-hydroxylation sites is 2. The van der Waals surface area contributed by atoms with Gasteiger partial charge in [0.1, 0.15) is 5.01 Å². The summed E-state index contributed by atoms with van der Waals surface area (Å²) in [4.78, 5) is 22.0. The number of ether oxygens (including phenoxy) is 1. The number of carbonyl (C=O) groups excluding carboxylic acids is 1. The molecule has 1 aromatic carbocycles. The highest BCUT2D eigenvalue weighted by Gasteiger charge is 2.13. The average Bonchev–Trinajstić information content (AvgIpc) is 2.89. The second-order valence-electron chi connectivity index (χ2n) is 4.35. The third kappa shape index (κ3) is 4.48. The molecular formula is C13H14N4O4S. The first-order chi connectivity index (χ1) is 10.6. The molecular weight excluding hydrogens is 308 g/mol. The Hall–Kier alpha value is -2.55. The Morgan fingerprint density at radius 3 is 2.86 bits per heavy atom. The van der Waals surface area contributed by atoms with Crippen molar-refractivity contribution in [1.29, 1.82) is 0 Å². The highest BCUT2D eigenvalue weighted by molar-refractivity contribution is 7.15. The summed E-state index contributed by atoms with van der Waals surface area (Å²) in [7, 11) is 0. The third-order valence-electron chi connectivity index (χ3n) is 2.64. The molecule has 116 valence electrons. The summed E-state index contributed by atoms with van der Waals surface area (Å²) in [6.07, 6.45) is 0.676. The number of aryl methyl sites for hydroxylation is 1. The number of carbonyl (C=O) groups is 1. The standard InChI is InChI=1S/C13H14N4O4S/c1-9-15-16-13(22-9)14-12(18)7-4-8-21-11-6-3-2-5-10(11)17(19)20/h2-3,5-6H,4,7-8H2,1H3,(H,14,16,18). The second kappa shape index (κ2) is 7.46. The number of nitro groups is 1. The number of benzene rings is 1. The number of nitrogens with zero attached hydrogens (tertiary/aromatic N) is 3. The van der Waals surface area contributed by atoms with Crippen LogP contribution in [0.2, 0.25) is 0 Å². The molecule has 0 atom stereocenters. The number of anilines is 1. The van der Waals surface area contributed by atoms with Gasteiger partial charge in [0.2, 0.25) is 11.0 Å². The lowest BCUT2D eigenvalue weighted by Gasteiger charge is -2.06. The van der Waals surface area contributed by atoms with Crippen LogP contribution in [0.5, 0.6) is 5.75 Å². The van der Waals surface area contributed by atoms with Crippen molar-refractivity contribution in [2.24, 2.45) is 0 Å². The van der Waals surface area contributed by atoms with Gasteiger partial charge in [-0.2, -0.15) is 0 Å². The minimum Gasteiger partial charge on any atom is -0.487 e. The van der Waals surface area contributed by atoms with Gasteiger partial charge < -0.3 is 10.1 Å². The van der Waals surface area contributed by atoms with Crippen molar-refractivity contribution >= 4 is 28.1 Å². The van der Waals surface area contributed by atoms with Gasteiger partial charge in [-0.3, -0.25) is 14.9 Å². The fourth-order valence-electron chi connectivity index (χ4n) is 1.67. The van der Waals surface area contributed by atoms with Crippen LogP contribution in [-0.2, 0) is 4.79 Å². The molecule has 0 saturated heterocycles. The Kier molecular flexibility index (Phi) is 5.37. The van der Waals surface area contributed by atoms with Gasteiger partial charge in [0, 0.05) is 12.5 Å². The van der Waals surface area contributed by atoms with E-state index in [4.69, 9.17) is 4.74 Å². The predicted molar refractivity (Wildman–Crippen MR) is 81.1 cm³/mol. The topological polar surface area (TPSA) is 107 Å². The number of amides is 1. The van der Waals surface area contributed by atoms with Gasteiger partial charge in [-0.15, -0.1) is 10.2 Å². The van der Waals surface area contributed by atoms with E-state index in [0.717, 1.165) is 5.01 Å². The summed E-state index contributed by atoms with van der Waals surface area (Å²) < 4.78 is 5.36. The first kappa shape index (κ1) is 15.8. The van der Waals surface area contributed by atoms with Gasteiger partial charge in [-0.25, -0.2) is 0 Å². The SMILES string of the molecule is Cc1nnc(NC(=O)CCCOc2ccccc2[N+](=O)[O-])s1. The molecule has 0 fully saturated rings. The van der Waals surface area contributed by atoms with Crippen molar-refractivity contribution < 1.29 is 14.5 Å². The number of hydrogen-bond acceptors (Lipinski definition) is 7. The van der Waals surface area contributed by atoms with E-state index < -0.39 is 4.92 Å². The van der Waals surface area contributed by atoms with Crippen molar-refractivity contribution in [2.75, 3.05) is 11.9 Å². The van der Waals surface area contributed by atoms with Crippen molar-refractivity contribution in [1.82, 2.24) is 10.2 Å². The van der Waals surface area contributed by atoms with E-state index >= 15 is 0 Å². The van der Waals surface area contributed by atoms with Gasteiger partial charge in [-0.05, 0) is 19.4 Å². The molecule has 0 aliphatic carbocycles. The number of hydrogen-bond donors (Lipinski definition) is 1. The molecule has 0 aliphatic heterocycles. The molecule has 0 spiro atoms. The van der Waals surface area contributed by atoms with Crippen molar-refractivity contribution in [3.05, 3.63) is 39.4 Å². The third-order valence-corrected chi connectivity index (χ3v) is 3.39. The van der Waals surface area contributed by atoms with E-state index in [1.54, 1.807) is 19.1 Å². The van der Waals surface area contributed by atoms with E-state index in [1.807, 2.05) is 0 Å². The van der Waals surface area contributed by atoms with Gasteiger partial charge >= 0.3 is 5.69 Å². The Bertz CT molecular complexity index is 674. The van der Waals surface area contributed by atoms with E-state index in [-0.39, 0.29) is 30.4 Å². The monoisotopic (exact) mass is 322 g/mol. The summed E-state index contributed by atoms with van der Waals surface area (Å²) in [6.45, 7) is 2.02. The maximum atomic E-state index is 11.7. The molecule has 0 aliphatic rings. The molecule has 9 heteroatoms. The molecule has 0 bridgehead atoms. The quantitative estimate of drug-likeness (QED) is 0.477. The summed E-state index contributed by atoms with van der Waals surface area (Å²) in [5.74, 6) is 0.00923. The zero-order chi connectivity index (χ0) is 15.9. The summed E-state index contributed by atoms with van der Waals surface area (Å²) in [5, 5.41) is 22.3. The first-order valence-electron chi connectivity index (χ1n) is 6.52. The van der Waals surface area contributed by atoms with Crippen LogP contribution in [0.4, 0.5) is 10.8 Å². The normalized spacial score (nSPS) is 10.2. The summed E-state index contributed by atoms with van der Waals surface area (Å²) >= 11 is 1.30. The maximum absolute atomic E-state index is 11.7. The number of nitrogens with one attached hydrogen (secondary N) is 1. The minimum absolute atomic E-state index is 0.0868. The first-order valence-corrected chi connectivity index (χ1v) is 7.34. The van der Waals surface area contributed by atoms with Crippen LogP contribution in [0.15, 0.2) is 24.3 Å². The summed E-state index contributed by atoms with van der Waals surface area (Å²) in [6, 6.07) is 6.14. The average molecular weight is 322 g/mol. The van der Waals surface area contributed by atoms with Crippen LogP contribution in [0, 0.1) is 17.0 Å². The molecule has 8 nitrogen and oxygen atoms in total. The molecule has 0 saturated carbocycles. The molecule has 1 aromatic heterocycles. The fourth-order valence-corrected chi connectivity index (χ4v) is 2.28. The molecule has 22 heavy (non-hydrogen) atoms. The Morgan fingerprint density at radius 1 is 1.41 bits per heavy atom. The lowest BCUT2D eigenvalue weighted by Crippen LogP contribution is -2.12. The van der Waals surface area contributed by atoms with Gasteiger partial charge in [0.05, 0.1) is 11.5 Å². The number of aromatic nitrogens is 2. The zero-order valence-electron chi connectivity index (χ0n) is 11.8. The Morgan fingerprint density at radius 2 is 2.18 bits per heavy atom. The lowest BCUT2D eigenvalue weighted by atomic mass is 10.3. The van der Waals surface area contributed by atoms with E-state index in [0.29, 0.717) is 11.6 Å². The van der Waals surface area contributed by atoms with Crippen molar-refractivity contribution in [3.63, 3.8) is 0 Å². The fraction of sp³-hybridized carbons (Fsp3) is 0.308. The van der Waals surface area contributed by atoms with Gasteiger partial charge in [0.15, 0.2) is 5.75 Å². The maximum Gasteiger partial charge on any atom is 0.310 e. The lowest BCUT2D eigenvalue weighted by molar-refractivity contribution is -0.385. The zero-order valence-corrected chi connectivity index (χ0v) is 12.6. The largest absolute Gasteiger partial charge is 0.487 e. The highest BCUT2D eigenvalue weighted by Crippen LogP contribution is 2.25. The Balaban J connectivity index is 1.75. The minimum atomic E-state index is -0.500. The molecule has 1 heterocycles. The number of rotatable bonds is 7. The summed E-state index contributed by atoms with van der Waals surface area (Å²) in [5.41, 5.74) is -0.0868. The van der Waals surface area contributed by atoms with Crippen LogP contribution < -0.4 is 10.1 Å².